The molecule has 0 bridgehead atoms. The highest BCUT2D eigenvalue weighted by Crippen LogP contribution is 2.19. The van der Waals surface area contributed by atoms with Crippen LogP contribution >= 0.6 is 0 Å². The summed E-state index contributed by atoms with van der Waals surface area (Å²) in [5.74, 6) is -0.453. The molecule has 2 amide bonds. The number of carbonyl (C=O) groups excluding carboxylic acids is 2. The van der Waals surface area contributed by atoms with Gasteiger partial charge in [-0.2, -0.15) is 0 Å². The topological polar surface area (TPSA) is 84.7 Å². The number of rotatable bonds is 4. The van der Waals surface area contributed by atoms with Crippen LogP contribution in [0.4, 0.5) is 11.4 Å². The van der Waals surface area contributed by atoms with E-state index in [1.807, 2.05) is 18.2 Å². The molecule has 0 saturated carbocycles. The van der Waals surface area contributed by atoms with Gasteiger partial charge < -0.3 is 20.7 Å². The summed E-state index contributed by atoms with van der Waals surface area (Å²) in [6.45, 7) is 2.39. The number of carbonyl (C=O) groups is 2. The molecule has 0 atom stereocenters. The maximum Gasteiger partial charge on any atom is 0.254 e. The van der Waals surface area contributed by atoms with Gasteiger partial charge in [0.15, 0.2) is 0 Å². The van der Waals surface area contributed by atoms with Crippen molar-refractivity contribution in [1.82, 2.24) is 4.90 Å². The monoisotopic (exact) mass is 325 g/mol. The first kappa shape index (κ1) is 16.0. The second kappa shape index (κ2) is 7.14. The van der Waals surface area contributed by atoms with E-state index in [1.165, 1.54) is 0 Å². The van der Waals surface area contributed by atoms with Crippen LogP contribution in [0, 0.1) is 0 Å². The van der Waals surface area contributed by atoms with Gasteiger partial charge in [0.05, 0.1) is 13.2 Å². The highest BCUT2D eigenvalue weighted by Gasteiger charge is 2.18. The van der Waals surface area contributed by atoms with Crippen molar-refractivity contribution >= 4 is 23.2 Å². The normalized spacial score (nSPS) is 14.2. The fourth-order valence-corrected chi connectivity index (χ4v) is 2.56. The van der Waals surface area contributed by atoms with Gasteiger partial charge in [-0.25, -0.2) is 0 Å². The van der Waals surface area contributed by atoms with Crippen LogP contribution in [0.15, 0.2) is 48.5 Å². The van der Waals surface area contributed by atoms with Crippen molar-refractivity contribution in [2.75, 3.05) is 31.6 Å². The van der Waals surface area contributed by atoms with Crippen molar-refractivity contribution in [3.8, 4) is 0 Å². The number of morpholine rings is 1. The standard InChI is InChI=1S/C18H19N3O3/c19-17(22)13-4-6-15(7-5-13)20-16-3-1-2-14(12-16)18(23)21-8-10-24-11-9-21/h1-7,12,20H,8-11H2,(H2,19,22). The Morgan fingerprint density at radius 2 is 1.67 bits per heavy atom. The zero-order valence-electron chi connectivity index (χ0n) is 13.2. The van der Waals surface area contributed by atoms with Gasteiger partial charge >= 0.3 is 0 Å². The Morgan fingerprint density at radius 1 is 0.958 bits per heavy atom. The quantitative estimate of drug-likeness (QED) is 0.900. The molecule has 2 aromatic rings. The fourth-order valence-electron chi connectivity index (χ4n) is 2.56. The average molecular weight is 325 g/mol. The summed E-state index contributed by atoms with van der Waals surface area (Å²) in [4.78, 5) is 25.4. The summed E-state index contributed by atoms with van der Waals surface area (Å²) in [6, 6.07) is 14.2. The number of primary amides is 1. The van der Waals surface area contributed by atoms with E-state index in [2.05, 4.69) is 5.32 Å². The first-order valence-electron chi connectivity index (χ1n) is 7.77. The minimum atomic E-state index is -0.459. The molecule has 6 heteroatoms. The number of benzene rings is 2. The molecule has 1 aliphatic rings. The number of hydrogen-bond acceptors (Lipinski definition) is 4. The summed E-state index contributed by atoms with van der Waals surface area (Å²) in [6.07, 6.45) is 0. The number of nitrogens with zero attached hydrogens (tertiary/aromatic N) is 1. The average Bonchev–Trinajstić information content (AvgIpc) is 2.62. The van der Waals surface area contributed by atoms with Crippen molar-refractivity contribution in [2.24, 2.45) is 5.73 Å². The van der Waals surface area contributed by atoms with Gasteiger partial charge in [0.1, 0.15) is 0 Å². The van der Waals surface area contributed by atoms with Gasteiger partial charge in [0, 0.05) is 35.6 Å². The van der Waals surface area contributed by atoms with Gasteiger partial charge in [-0.1, -0.05) is 6.07 Å². The number of ether oxygens (including phenoxy) is 1. The number of nitrogens with two attached hydrogens (primary N) is 1. The fraction of sp³-hybridized carbons (Fsp3) is 0.222. The Bertz CT molecular complexity index is 737. The molecule has 3 N–H and O–H groups in total. The third-order valence-corrected chi connectivity index (χ3v) is 3.87. The molecule has 124 valence electrons. The second-order valence-corrected chi connectivity index (χ2v) is 5.55. The maximum atomic E-state index is 12.5. The van der Waals surface area contributed by atoms with Crippen molar-refractivity contribution in [1.29, 1.82) is 0 Å². The highest BCUT2D eigenvalue weighted by molar-refractivity contribution is 5.95. The lowest BCUT2D eigenvalue weighted by Gasteiger charge is -2.27. The van der Waals surface area contributed by atoms with E-state index >= 15 is 0 Å². The van der Waals surface area contributed by atoms with Crippen LogP contribution in [0.3, 0.4) is 0 Å². The lowest BCUT2D eigenvalue weighted by Crippen LogP contribution is -2.40. The van der Waals surface area contributed by atoms with Crippen molar-refractivity contribution in [3.05, 3.63) is 59.7 Å². The third-order valence-electron chi connectivity index (χ3n) is 3.87. The van der Waals surface area contributed by atoms with Crippen LogP contribution in [-0.4, -0.2) is 43.0 Å². The van der Waals surface area contributed by atoms with Gasteiger partial charge in [0.25, 0.3) is 5.91 Å². The molecule has 2 aromatic carbocycles. The molecule has 3 rings (SSSR count). The molecular formula is C18H19N3O3. The Labute approximate surface area is 140 Å². The molecule has 0 aromatic heterocycles. The Kier molecular flexibility index (Phi) is 4.77. The largest absolute Gasteiger partial charge is 0.378 e. The molecule has 6 nitrogen and oxygen atoms in total. The molecule has 1 saturated heterocycles. The summed E-state index contributed by atoms with van der Waals surface area (Å²) >= 11 is 0. The van der Waals surface area contributed by atoms with Crippen molar-refractivity contribution in [3.63, 3.8) is 0 Å². The lowest BCUT2D eigenvalue weighted by atomic mass is 10.1. The van der Waals surface area contributed by atoms with Crippen LogP contribution in [0.1, 0.15) is 20.7 Å². The third kappa shape index (κ3) is 3.72. The summed E-state index contributed by atoms with van der Waals surface area (Å²) < 4.78 is 5.28. The minimum absolute atomic E-state index is 0.00558. The lowest BCUT2D eigenvalue weighted by molar-refractivity contribution is 0.0303. The zero-order valence-corrected chi connectivity index (χ0v) is 13.2. The first-order chi connectivity index (χ1) is 11.6. The molecule has 1 fully saturated rings. The summed E-state index contributed by atoms with van der Waals surface area (Å²) in [5.41, 5.74) is 7.94. The zero-order chi connectivity index (χ0) is 16.9. The molecule has 0 spiro atoms. The Hall–Kier alpha value is -2.86. The molecule has 1 heterocycles. The smallest absolute Gasteiger partial charge is 0.254 e. The second-order valence-electron chi connectivity index (χ2n) is 5.55. The minimum Gasteiger partial charge on any atom is -0.378 e. The molecule has 24 heavy (non-hydrogen) atoms. The van der Waals surface area contributed by atoms with E-state index < -0.39 is 5.91 Å². The molecule has 0 unspecified atom stereocenters. The van der Waals surface area contributed by atoms with Crippen LogP contribution in [0.5, 0.6) is 0 Å². The predicted molar refractivity (Wildman–Crippen MR) is 91.4 cm³/mol. The number of amides is 2. The van der Waals surface area contributed by atoms with E-state index in [-0.39, 0.29) is 5.91 Å². The Balaban J connectivity index is 1.72. The SMILES string of the molecule is NC(=O)c1ccc(Nc2cccc(C(=O)N3CCOCC3)c2)cc1. The summed E-state index contributed by atoms with van der Waals surface area (Å²) in [5, 5.41) is 3.22. The number of nitrogens with one attached hydrogen (secondary N) is 1. The highest BCUT2D eigenvalue weighted by atomic mass is 16.5. The summed E-state index contributed by atoms with van der Waals surface area (Å²) in [7, 11) is 0. The Morgan fingerprint density at radius 3 is 2.33 bits per heavy atom. The number of anilines is 2. The van der Waals surface area contributed by atoms with Gasteiger partial charge in [0.2, 0.25) is 5.91 Å². The van der Waals surface area contributed by atoms with E-state index in [4.69, 9.17) is 10.5 Å². The molecule has 1 aliphatic heterocycles. The van der Waals surface area contributed by atoms with Crippen molar-refractivity contribution in [2.45, 2.75) is 0 Å². The van der Waals surface area contributed by atoms with Crippen molar-refractivity contribution < 1.29 is 14.3 Å². The molecule has 0 radical (unpaired) electrons. The first-order valence-corrected chi connectivity index (χ1v) is 7.77. The van der Waals surface area contributed by atoms with Crippen LogP contribution in [0.25, 0.3) is 0 Å². The molecular weight excluding hydrogens is 306 g/mol. The van der Waals surface area contributed by atoms with Crippen LogP contribution in [0.2, 0.25) is 0 Å². The number of hydrogen-bond donors (Lipinski definition) is 2. The maximum absolute atomic E-state index is 12.5. The van der Waals surface area contributed by atoms with Crippen LogP contribution < -0.4 is 11.1 Å². The van der Waals surface area contributed by atoms with E-state index in [0.29, 0.717) is 37.4 Å². The van der Waals surface area contributed by atoms with E-state index in [9.17, 15) is 9.59 Å². The molecule has 0 aliphatic carbocycles. The van der Waals surface area contributed by atoms with Gasteiger partial charge in [-0.15, -0.1) is 0 Å². The predicted octanol–water partition coefficient (Wildman–Crippen LogP) is 2.00. The van der Waals surface area contributed by atoms with E-state index in [0.717, 1.165) is 11.4 Å². The van der Waals surface area contributed by atoms with Gasteiger partial charge in [-0.3, -0.25) is 9.59 Å². The van der Waals surface area contributed by atoms with E-state index in [1.54, 1.807) is 35.2 Å². The van der Waals surface area contributed by atoms with Gasteiger partial charge in [-0.05, 0) is 42.5 Å². The van der Waals surface area contributed by atoms with Crippen LogP contribution in [-0.2, 0) is 4.74 Å².